The van der Waals surface area contributed by atoms with Crippen molar-refractivity contribution in [3.05, 3.63) is 21.9 Å². The summed E-state index contributed by atoms with van der Waals surface area (Å²) in [6, 6.07) is 1.50. The van der Waals surface area contributed by atoms with Crippen molar-refractivity contribution in [2.75, 3.05) is 0 Å². The van der Waals surface area contributed by atoms with Gasteiger partial charge in [0.2, 0.25) is 0 Å². The number of hydrogen-bond donors (Lipinski definition) is 3. The number of carbonyl (C=O) groups is 1. The molecule has 0 amide bonds. The van der Waals surface area contributed by atoms with Crippen LogP contribution in [0.5, 0.6) is 0 Å². The van der Waals surface area contributed by atoms with Gasteiger partial charge in [-0.05, 0) is 37.1 Å². The number of thiophene rings is 1. The van der Waals surface area contributed by atoms with Gasteiger partial charge < -0.3 is 15.9 Å². The summed E-state index contributed by atoms with van der Waals surface area (Å²) >= 11 is 1.30. The van der Waals surface area contributed by atoms with Gasteiger partial charge in [-0.1, -0.05) is 0 Å². The predicted octanol–water partition coefficient (Wildman–Crippen LogP) is 1.54. The predicted molar refractivity (Wildman–Crippen MR) is 61.6 cm³/mol. The lowest BCUT2D eigenvalue weighted by molar-refractivity contribution is -0.00497. The van der Waals surface area contributed by atoms with Crippen LogP contribution in [0.3, 0.4) is 0 Å². The number of nitrogens with two attached hydrogens (primary N) is 1. The van der Waals surface area contributed by atoms with Crippen molar-refractivity contribution in [2.24, 2.45) is 5.73 Å². The average Bonchev–Trinajstić information content (AvgIpc) is 2.65. The molecule has 0 aliphatic heterocycles. The van der Waals surface area contributed by atoms with Crippen molar-refractivity contribution < 1.29 is 15.0 Å². The number of aliphatic hydroxyl groups is 1. The Morgan fingerprint density at radius 1 is 1.62 bits per heavy atom. The van der Waals surface area contributed by atoms with Crippen LogP contribution in [-0.2, 0) is 5.60 Å². The molecule has 2 rings (SSSR count). The molecule has 16 heavy (non-hydrogen) atoms. The fraction of sp³-hybridized carbons (Fsp3) is 0.545. The highest BCUT2D eigenvalue weighted by Crippen LogP contribution is 2.40. The second-order valence-electron chi connectivity index (χ2n) is 4.36. The minimum atomic E-state index is -1.04. The summed E-state index contributed by atoms with van der Waals surface area (Å²) in [6.45, 7) is 0. The van der Waals surface area contributed by atoms with E-state index in [1.807, 2.05) is 0 Å². The number of carboxylic acid groups (broad SMARTS) is 1. The number of hydrogen-bond acceptors (Lipinski definition) is 4. The van der Waals surface area contributed by atoms with Crippen LogP contribution in [0.2, 0.25) is 0 Å². The first-order valence-electron chi connectivity index (χ1n) is 5.32. The van der Waals surface area contributed by atoms with E-state index in [2.05, 4.69) is 0 Å². The zero-order valence-corrected chi connectivity index (χ0v) is 9.67. The first kappa shape index (κ1) is 11.6. The number of aromatic carboxylic acids is 1. The fourth-order valence-electron chi connectivity index (χ4n) is 2.34. The molecule has 5 heteroatoms. The minimum Gasteiger partial charge on any atom is -0.478 e. The van der Waals surface area contributed by atoms with Gasteiger partial charge >= 0.3 is 5.97 Å². The Morgan fingerprint density at radius 2 is 2.38 bits per heavy atom. The van der Waals surface area contributed by atoms with Crippen LogP contribution in [0.1, 0.15) is 40.9 Å². The van der Waals surface area contributed by atoms with E-state index >= 15 is 0 Å². The summed E-state index contributed by atoms with van der Waals surface area (Å²) in [4.78, 5) is 11.6. The molecule has 0 bridgehead atoms. The second-order valence-corrected chi connectivity index (χ2v) is 5.27. The van der Waals surface area contributed by atoms with Crippen molar-refractivity contribution >= 4 is 17.3 Å². The Balaban J connectivity index is 2.34. The highest BCUT2D eigenvalue weighted by Gasteiger charge is 2.38. The molecule has 4 nitrogen and oxygen atoms in total. The quantitative estimate of drug-likeness (QED) is 0.733. The maximum atomic E-state index is 11.0. The molecule has 1 aromatic heterocycles. The van der Waals surface area contributed by atoms with E-state index in [0.29, 0.717) is 17.7 Å². The average molecular weight is 241 g/mol. The Bertz CT molecular complexity index is 404. The van der Waals surface area contributed by atoms with Crippen molar-refractivity contribution in [3.63, 3.8) is 0 Å². The molecule has 1 heterocycles. The molecule has 1 saturated carbocycles. The molecule has 88 valence electrons. The molecule has 0 radical (unpaired) electrons. The maximum absolute atomic E-state index is 11.0. The summed E-state index contributed by atoms with van der Waals surface area (Å²) in [5, 5.41) is 21.2. The molecule has 1 aliphatic rings. The summed E-state index contributed by atoms with van der Waals surface area (Å²) in [7, 11) is 0. The first-order chi connectivity index (χ1) is 7.53. The Hall–Kier alpha value is -0.910. The van der Waals surface area contributed by atoms with Gasteiger partial charge in [0.15, 0.2) is 0 Å². The van der Waals surface area contributed by atoms with Crippen molar-refractivity contribution in [2.45, 2.75) is 37.3 Å². The summed E-state index contributed by atoms with van der Waals surface area (Å²) in [5.41, 5.74) is 5.01. The lowest BCUT2D eigenvalue weighted by atomic mass is 9.80. The van der Waals surface area contributed by atoms with E-state index in [-0.39, 0.29) is 11.6 Å². The molecular weight excluding hydrogens is 226 g/mol. The molecule has 2 atom stereocenters. The lowest BCUT2D eigenvalue weighted by Crippen LogP contribution is -2.39. The van der Waals surface area contributed by atoms with Crippen LogP contribution >= 0.6 is 11.3 Å². The van der Waals surface area contributed by atoms with E-state index in [9.17, 15) is 9.90 Å². The SMILES string of the molecule is NC1CCCC(O)(c2sccc2C(=O)O)C1. The first-order valence-corrected chi connectivity index (χ1v) is 6.20. The van der Waals surface area contributed by atoms with E-state index < -0.39 is 11.6 Å². The molecule has 2 unspecified atom stereocenters. The molecule has 4 N–H and O–H groups in total. The third-order valence-corrected chi connectivity index (χ3v) is 4.19. The van der Waals surface area contributed by atoms with Crippen LogP contribution in [0.25, 0.3) is 0 Å². The standard InChI is InChI=1S/C11H15NO3S/c12-7-2-1-4-11(15,6-7)9-8(10(13)14)3-5-16-9/h3,5,7,15H,1-2,4,6,12H2,(H,13,14). The van der Waals surface area contributed by atoms with Gasteiger partial charge in [-0.15, -0.1) is 11.3 Å². The van der Waals surface area contributed by atoms with Crippen LogP contribution in [0.15, 0.2) is 11.4 Å². The van der Waals surface area contributed by atoms with Crippen LogP contribution in [0, 0.1) is 0 Å². The largest absolute Gasteiger partial charge is 0.478 e. The zero-order chi connectivity index (χ0) is 11.8. The number of rotatable bonds is 2. The van der Waals surface area contributed by atoms with Crippen molar-refractivity contribution in [3.8, 4) is 0 Å². The van der Waals surface area contributed by atoms with Gasteiger partial charge in [0.05, 0.1) is 10.4 Å². The van der Waals surface area contributed by atoms with E-state index in [1.54, 1.807) is 11.4 Å². The van der Waals surface area contributed by atoms with Gasteiger partial charge in [0, 0.05) is 6.04 Å². The third kappa shape index (κ3) is 1.98. The van der Waals surface area contributed by atoms with Gasteiger partial charge in [-0.2, -0.15) is 0 Å². The molecule has 1 aromatic rings. The lowest BCUT2D eigenvalue weighted by Gasteiger charge is -2.35. The normalized spacial score (nSPS) is 30.2. The summed E-state index contributed by atoms with van der Waals surface area (Å²) in [6.07, 6.45) is 2.79. The van der Waals surface area contributed by atoms with Crippen molar-refractivity contribution in [1.82, 2.24) is 0 Å². The van der Waals surface area contributed by atoms with E-state index in [4.69, 9.17) is 10.8 Å². The molecule has 0 saturated heterocycles. The zero-order valence-electron chi connectivity index (χ0n) is 8.85. The smallest absolute Gasteiger partial charge is 0.336 e. The monoisotopic (exact) mass is 241 g/mol. The minimum absolute atomic E-state index is 0.0394. The summed E-state index contributed by atoms with van der Waals surface area (Å²) in [5.74, 6) is -0.983. The molecular formula is C11H15NO3S. The van der Waals surface area contributed by atoms with Gasteiger partial charge in [-0.25, -0.2) is 4.79 Å². The van der Waals surface area contributed by atoms with Crippen molar-refractivity contribution in [1.29, 1.82) is 0 Å². The van der Waals surface area contributed by atoms with Gasteiger partial charge in [-0.3, -0.25) is 0 Å². The highest BCUT2D eigenvalue weighted by molar-refractivity contribution is 7.10. The number of carboxylic acids is 1. The van der Waals surface area contributed by atoms with Gasteiger partial charge in [0.1, 0.15) is 5.60 Å². The molecule has 0 aromatic carbocycles. The second kappa shape index (κ2) is 4.16. The molecule has 0 spiro atoms. The fourth-order valence-corrected chi connectivity index (χ4v) is 3.37. The molecule has 1 fully saturated rings. The third-order valence-electron chi connectivity index (χ3n) is 3.08. The van der Waals surface area contributed by atoms with E-state index in [1.165, 1.54) is 11.3 Å². The Labute approximate surface area is 97.7 Å². The Morgan fingerprint density at radius 3 is 3.00 bits per heavy atom. The van der Waals surface area contributed by atoms with Crippen LogP contribution < -0.4 is 5.73 Å². The Kier molecular flexibility index (Phi) is 3.01. The highest BCUT2D eigenvalue weighted by atomic mass is 32.1. The molecule has 1 aliphatic carbocycles. The maximum Gasteiger partial charge on any atom is 0.336 e. The topological polar surface area (TPSA) is 83.5 Å². The van der Waals surface area contributed by atoms with Crippen LogP contribution in [0.4, 0.5) is 0 Å². The van der Waals surface area contributed by atoms with Crippen LogP contribution in [-0.4, -0.2) is 22.2 Å². The van der Waals surface area contributed by atoms with Gasteiger partial charge in [0.25, 0.3) is 0 Å². The summed E-state index contributed by atoms with van der Waals surface area (Å²) < 4.78 is 0. The van der Waals surface area contributed by atoms with E-state index in [0.717, 1.165) is 12.8 Å².